The molecule has 3 rings (SSSR count). The summed E-state index contributed by atoms with van der Waals surface area (Å²) >= 11 is 0. The van der Waals surface area contributed by atoms with Gasteiger partial charge in [-0.2, -0.15) is 0 Å². The van der Waals surface area contributed by atoms with E-state index in [-0.39, 0.29) is 12.3 Å². The number of amides is 3. The molecular weight excluding hydrogens is 246 g/mol. The monoisotopic (exact) mass is 259 g/mol. The molecule has 98 valence electrons. The van der Waals surface area contributed by atoms with Gasteiger partial charge in [0.05, 0.1) is 12.8 Å². The van der Waals surface area contributed by atoms with Crippen LogP contribution in [-0.2, 0) is 4.79 Å². The summed E-state index contributed by atoms with van der Waals surface area (Å²) in [4.78, 5) is 27.7. The maximum atomic E-state index is 11.9. The van der Waals surface area contributed by atoms with Crippen molar-refractivity contribution in [1.82, 2.24) is 10.3 Å². The van der Waals surface area contributed by atoms with Gasteiger partial charge in [0.25, 0.3) is 0 Å². The first kappa shape index (κ1) is 11.6. The number of imide groups is 1. The van der Waals surface area contributed by atoms with Gasteiger partial charge < -0.3 is 9.72 Å². The Morgan fingerprint density at radius 3 is 2.89 bits per heavy atom. The van der Waals surface area contributed by atoms with E-state index < -0.39 is 6.03 Å². The first-order valence-electron chi connectivity index (χ1n) is 5.95. The van der Waals surface area contributed by atoms with Crippen LogP contribution in [0.4, 0.5) is 10.5 Å². The van der Waals surface area contributed by atoms with E-state index in [1.165, 1.54) is 4.90 Å². The minimum atomic E-state index is -0.416. The minimum absolute atomic E-state index is 0.249. The van der Waals surface area contributed by atoms with Crippen molar-refractivity contribution in [3.63, 3.8) is 0 Å². The number of benzene rings is 1. The van der Waals surface area contributed by atoms with Crippen molar-refractivity contribution in [2.75, 3.05) is 18.6 Å². The van der Waals surface area contributed by atoms with Gasteiger partial charge in [0.15, 0.2) is 0 Å². The average molecular weight is 259 g/mol. The Morgan fingerprint density at radius 1 is 1.32 bits per heavy atom. The quantitative estimate of drug-likeness (QED) is 0.860. The number of rotatable bonds is 2. The molecule has 0 saturated carbocycles. The number of hydrogen-bond acceptors (Lipinski definition) is 3. The third kappa shape index (κ3) is 1.91. The molecular formula is C13H13N3O3. The second kappa shape index (κ2) is 4.31. The molecule has 1 aliphatic rings. The van der Waals surface area contributed by atoms with Crippen molar-refractivity contribution >= 4 is 28.5 Å². The van der Waals surface area contributed by atoms with Crippen molar-refractivity contribution in [3.05, 3.63) is 24.4 Å². The first-order valence-corrected chi connectivity index (χ1v) is 5.95. The summed E-state index contributed by atoms with van der Waals surface area (Å²) < 4.78 is 5.33. The number of aromatic amines is 1. The third-order valence-electron chi connectivity index (χ3n) is 3.20. The number of nitrogens with one attached hydrogen (secondary N) is 2. The van der Waals surface area contributed by atoms with Crippen LogP contribution in [0.1, 0.15) is 6.42 Å². The molecule has 0 radical (unpaired) electrons. The Bertz CT molecular complexity index is 662. The lowest BCUT2D eigenvalue weighted by molar-refractivity contribution is -0.120. The van der Waals surface area contributed by atoms with Crippen molar-refractivity contribution in [2.24, 2.45) is 0 Å². The maximum Gasteiger partial charge on any atom is 0.328 e. The number of H-pyrrole nitrogens is 1. The standard InChI is InChI=1S/C13H13N3O3/c1-19-11-6-8-2-4-14-9(8)7-10(11)16-5-3-12(17)15-13(16)18/h2,4,6-7,14H,3,5H2,1H3,(H,15,17,18). The highest BCUT2D eigenvalue weighted by molar-refractivity contribution is 6.07. The fourth-order valence-corrected chi connectivity index (χ4v) is 2.24. The average Bonchev–Trinajstić information content (AvgIpc) is 2.84. The zero-order chi connectivity index (χ0) is 13.4. The summed E-state index contributed by atoms with van der Waals surface area (Å²) in [6.45, 7) is 0.354. The van der Waals surface area contributed by atoms with E-state index in [9.17, 15) is 9.59 Å². The molecule has 1 fully saturated rings. The van der Waals surface area contributed by atoms with Gasteiger partial charge in [0.1, 0.15) is 5.75 Å². The SMILES string of the molecule is COc1cc2cc[nH]c2cc1N1CCC(=O)NC1=O. The molecule has 19 heavy (non-hydrogen) atoms. The van der Waals surface area contributed by atoms with Gasteiger partial charge in [0.2, 0.25) is 5.91 Å². The van der Waals surface area contributed by atoms with Crippen molar-refractivity contribution in [2.45, 2.75) is 6.42 Å². The number of aromatic nitrogens is 1. The van der Waals surface area contributed by atoms with Gasteiger partial charge in [0, 0.05) is 30.1 Å². The van der Waals surface area contributed by atoms with E-state index in [1.807, 2.05) is 24.4 Å². The van der Waals surface area contributed by atoms with Crippen LogP contribution < -0.4 is 15.0 Å². The van der Waals surface area contributed by atoms with E-state index >= 15 is 0 Å². The van der Waals surface area contributed by atoms with Gasteiger partial charge in [-0.1, -0.05) is 0 Å². The van der Waals surface area contributed by atoms with Gasteiger partial charge in [-0.3, -0.25) is 15.0 Å². The molecule has 6 nitrogen and oxygen atoms in total. The predicted octanol–water partition coefficient (Wildman–Crippen LogP) is 1.62. The predicted molar refractivity (Wildman–Crippen MR) is 70.4 cm³/mol. The molecule has 2 N–H and O–H groups in total. The van der Waals surface area contributed by atoms with E-state index in [2.05, 4.69) is 10.3 Å². The molecule has 6 heteroatoms. The van der Waals surface area contributed by atoms with Crippen molar-refractivity contribution < 1.29 is 14.3 Å². The van der Waals surface area contributed by atoms with Crippen LogP contribution in [0.5, 0.6) is 5.75 Å². The zero-order valence-corrected chi connectivity index (χ0v) is 10.4. The van der Waals surface area contributed by atoms with Crippen LogP contribution in [0.25, 0.3) is 10.9 Å². The minimum Gasteiger partial charge on any atom is -0.495 e. The number of nitrogens with zero attached hydrogens (tertiary/aromatic N) is 1. The Kier molecular flexibility index (Phi) is 2.63. The molecule has 1 saturated heterocycles. The fraction of sp³-hybridized carbons (Fsp3) is 0.231. The van der Waals surface area contributed by atoms with Crippen LogP contribution >= 0.6 is 0 Å². The highest BCUT2D eigenvalue weighted by Gasteiger charge is 2.26. The molecule has 3 amide bonds. The number of anilines is 1. The summed E-state index contributed by atoms with van der Waals surface area (Å²) in [6, 6.07) is 5.23. The van der Waals surface area contributed by atoms with Gasteiger partial charge in [-0.15, -0.1) is 0 Å². The summed E-state index contributed by atoms with van der Waals surface area (Å²) in [5, 5.41) is 3.31. The Balaban J connectivity index is 2.07. The third-order valence-corrected chi connectivity index (χ3v) is 3.20. The number of fused-ring (bicyclic) bond motifs is 1. The highest BCUT2D eigenvalue weighted by atomic mass is 16.5. The fourth-order valence-electron chi connectivity index (χ4n) is 2.24. The molecule has 0 unspecified atom stereocenters. The Morgan fingerprint density at radius 2 is 2.16 bits per heavy atom. The highest BCUT2D eigenvalue weighted by Crippen LogP contribution is 2.33. The Hall–Kier alpha value is -2.50. The molecule has 2 aromatic rings. The summed E-state index contributed by atoms with van der Waals surface area (Å²) in [5.74, 6) is 0.359. The van der Waals surface area contributed by atoms with E-state index in [0.29, 0.717) is 18.0 Å². The molecule has 1 aliphatic heterocycles. The normalized spacial score (nSPS) is 15.7. The van der Waals surface area contributed by atoms with Crippen LogP contribution in [0.3, 0.4) is 0 Å². The molecule has 0 aliphatic carbocycles. The number of ether oxygens (including phenoxy) is 1. The summed E-state index contributed by atoms with van der Waals surface area (Å²) in [7, 11) is 1.56. The zero-order valence-electron chi connectivity index (χ0n) is 10.4. The summed E-state index contributed by atoms with van der Waals surface area (Å²) in [6.07, 6.45) is 2.12. The molecule has 0 atom stereocenters. The first-order chi connectivity index (χ1) is 9.19. The van der Waals surface area contributed by atoms with Gasteiger partial charge in [-0.25, -0.2) is 4.79 Å². The molecule has 1 aromatic heterocycles. The maximum absolute atomic E-state index is 11.9. The lowest BCUT2D eigenvalue weighted by atomic mass is 10.2. The number of carbonyl (C=O) groups excluding carboxylic acids is 2. The van der Waals surface area contributed by atoms with Crippen molar-refractivity contribution in [3.8, 4) is 5.75 Å². The van der Waals surface area contributed by atoms with Crippen LogP contribution in [0.15, 0.2) is 24.4 Å². The van der Waals surface area contributed by atoms with Gasteiger partial charge >= 0.3 is 6.03 Å². The molecule has 0 bridgehead atoms. The van der Waals surface area contributed by atoms with Crippen molar-refractivity contribution in [1.29, 1.82) is 0 Å². The Labute approximate surface area is 109 Å². The second-order valence-corrected chi connectivity index (χ2v) is 4.34. The number of methoxy groups -OCH3 is 1. The summed E-state index contributed by atoms with van der Waals surface area (Å²) in [5.41, 5.74) is 1.57. The smallest absolute Gasteiger partial charge is 0.328 e. The lowest BCUT2D eigenvalue weighted by Crippen LogP contribution is -2.49. The second-order valence-electron chi connectivity index (χ2n) is 4.34. The van der Waals surface area contributed by atoms with Crippen LogP contribution in [0.2, 0.25) is 0 Å². The molecule has 1 aromatic carbocycles. The van der Waals surface area contributed by atoms with E-state index in [4.69, 9.17) is 4.74 Å². The van der Waals surface area contributed by atoms with Crippen LogP contribution in [-0.4, -0.2) is 30.6 Å². The topological polar surface area (TPSA) is 74.4 Å². The van der Waals surface area contributed by atoms with E-state index in [1.54, 1.807) is 7.11 Å². The molecule has 2 heterocycles. The number of urea groups is 1. The number of hydrogen-bond donors (Lipinski definition) is 2. The number of carbonyl (C=O) groups is 2. The lowest BCUT2D eigenvalue weighted by Gasteiger charge is -2.27. The van der Waals surface area contributed by atoms with E-state index in [0.717, 1.165) is 10.9 Å². The van der Waals surface area contributed by atoms with Gasteiger partial charge in [-0.05, 0) is 18.2 Å². The molecule has 0 spiro atoms. The van der Waals surface area contributed by atoms with Crippen LogP contribution in [0, 0.1) is 0 Å². The largest absolute Gasteiger partial charge is 0.495 e.